The summed E-state index contributed by atoms with van der Waals surface area (Å²) in [7, 11) is 0. The molecule has 17 heavy (non-hydrogen) atoms. The summed E-state index contributed by atoms with van der Waals surface area (Å²) in [5.41, 5.74) is 0. The molecule has 0 saturated heterocycles. The molecule has 1 rings (SSSR count). The fraction of sp³-hybridized carbons (Fsp3) is 0.800. The summed E-state index contributed by atoms with van der Waals surface area (Å²) < 4.78 is 30.5. The maximum Gasteiger partial charge on any atom is 0.261 e. The first-order valence-electron chi connectivity index (χ1n) is 5.40. The topological polar surface area (TPSA) is 39.9 Å². The van der Waals surface area contributed by atoms with Crippen LogP contribution in [0.2, 0.25) is 0 Å². The van der Waals surface area contributed by atoms with Gasteiger partial charge in [0.15, 0.2) is 0 Å². The van der Waals surface area contributed by atoms with Crippen molar-refractivity contribution in [3.8, 4) is 0 Å². The van der Waals surface area contributed by atoms with Gasteiger partial charge in [0.25, 0.3) is 6.43 Å². The highest BCUT2D eigenvalue weighted by Gasteiger charge is 2.13. The third-order valence-electron chi connectivity index (χ3n) is 2.19. The minimum atomic E-state index is -2.42. The molecule has 0 unspecified atom stereocenters. The third-order valence-corrected chi connectivity index (χ3v) is 2.69. The molecule has 1 aromatic heterocycles. The average molecular weight is 312 g/mol. The van der Waals surface area contributed by atoms with Gasteiger partial charge in [-0.1, -0.05) is 15.9 Å². The number of ether oxygens (including phenoxy) is 1. The molecular weight excluding hydrogens is 296 g/mol. The largest absolute Gasteiger partial charge is 0.375 e. The van der Waals surface area contributed by atoms with Gasteiger partial charge in [0.2, 0.25) is 0 Å². The number of aromatic nitrogens is 3. The lowest BCUT2D eigenvalue weighted by molar-refractivity contribution is 0.0180. The van der Waals surface area contributed by atoms with Crippen LogP contribution in [0.1, 0.15) is 31.5 Å². The maximum absolute atomic E-state index is 11.9. The van der Waals surface area contributed by atoms with E-state index in [1.54, 1.807) is 0 Å². The van der Waals surface area contributed by atoms with E-state index in [-0.39, 0.29) is 12.6 Å². The molecule has 7 heteroatoms. The minimum absolute atomic E-state index is 0.234. The second-order valence-corrected chi connectivity index (χ2v) is 4.41. The van der Waals surface area contributed by atoms with Crippen LogP contribution in [-0.4, -0.2) is 34.4 Å². The lowest BCUT2D eigenvalue weighted by Gasteiger charge is -2.13. The first-order chi connectivity index (χ1) is 8.06. The third kappa shape index (κ3) is 4.31. The van der Waals surface area contributed by atoms with Gasteiger partial charge in [-0.25, -0.2) is 8.78 Å². The summed E-state index contributed by atoms with van der Waals surface area (Å²) in [5, 5.41) is 8.69. The normalized spacial score (nSPS) is 11.7. The van der Waals surface area contributed by atoms with Gasteiger partial charge in [0, 0.05) is 12.5 Å². The molecule has 0 aliphatic rings. The Morgan fingerprint density at radius 2 is 1.94 bits per heavy atom. The van der Waals surface area contributed by atoms with Crippen molar-refractivity contribution in [2.75, 3.05) is 13.2 Å². The molecule has 0 saturated carbocycles. The van der Waals surface area contributed by atoms with Gasteiger partial charge < -0.3 is 9.30 Å². The molecule has 1 heterocycles. The van der Waals surface area contributed by atoms with Crippen LogP contribution in [-0.2, 0) is 16.5 Å². The van der Waals surface area contributed by atoms with Gasteiger partial charge in [-0.3, -0.25) is 0 Å². The van der Waals surface area contributed by atoms with Gasteiger partial charge >= 0.3 is 0 Å². The number of hydrogen-bond acceptors (Lipinski definition) is 3. The van der Waals surface area contributed by atoms with E-state index >= 15 is 0 Å². The Kier molecular flexibility index (Phi) is 5.97. The molecule has 0 aromatic carbocycles. The highest BCUT2D eigenvalue weighted by Crippen LogP contribution is 2.14. The van der Waals surface area contributed by atoms with Gasteiger partial charge in [0.1, 0.15) is 18.3 Å². The van der Waals surface area contributed by atoms with E-state index in [0.29, 0.717) is 11.8 Å². The van der Waals surface area contributed by atoms with Crippen LogP contribution in [0.15, 0.2) is 0 Å². The highest BCUT2D eigenvalue weighted by atomic mass is 79.9. The van der Waals surface area contributed by atoms with Crippen molar-refractivity contribution in [3.63, 3.8) is 0 Å². The lowest BCUT2D eigenvalue weighted by Crippen LogP contribution is -2.13. The number of rotatable bonds is 7. The van der Waals surface area contributed by atoms with E-state index in [9.17, 15) is 8.78 Å². The Morgan fingerprint density at radius 1 is 1.29 bits per heavy atom. The summed E-state index contributed by atoms with van der Waals surface area (Å²) in [5.74, 6) is 1.60. The first-order valence-corrected chi connectivity index (χ1v) is 6.53. The van der Waals surface area contributed by atoms with Crippen LogP contribution in [0.5, 0.6) is 0 Å². The Labute approximate surface area is 107 Å². The fourth-order valence-electron chi connectivity index (χ4n) is 1.55. The zero-order valence-electron chi connectivity index (χ0n) is 9.87. The second kappa shape index (κ2) is 7.00. The first kappa shape index (κ1) is 14.5. The summed E-state index contributed by atoms with van der Waals surface area (Å²) in [6.07, 6.45) is -1.93. The summed E-state index contributed by atoms with van der Waals surface area (Å²) in [6.45, 7) is 3.76. The molecule has 0 aliphatic carbocycles. The molecule has 0 N–H and O–H groups in total. The van der Waals surface area contributed by atoms with E-state index in [2.05, 4.69) is 26.1 Å². The highest BCUT2D eigenvalue weighted by molar-refractivity contribution is 9.08. The van der Waals surface area contributed by atoms with Crippen LogP contribution in [0, 0.1) is 0 Å². The second-order valence-electron chi connectivity index (χ2n) is 3.85. The molecule has 0 aliphatic heterocycles. The summed E-state index contributed by atoms with van der Waals surface area (Å²) in [6, 6.07) is 0.239. The van der Waals surface area contributed by atoms with E-state index in [4.69, 9.17) is 4.74 Å². The van der Waals surface area contributed by atoms with E-state index in [0.717, 1.165) is 11.6 Å². The standard InChI is InChI=1S/C10H16BrF2N3O/c1-7(2)16-9(14-15-10(16)5-11)3-4-17-6-8(12)13/h7-8H,3-6H2,1-2H3. The molecule has 4 nitrogen and oxygen atoms in total. The molecule has 0 amide bonds. The predicted octanol–water partition coefficient (Wildman–Crippen LogP) is 2.58. The minimum Gasteiger partial charge on any atom is -0.375 e. The Hall–Kier alpha value is -0.560. The predicted molar refractivity (Wildman–Crippen MR) is 63.6 cm³/mol. The van der Waals surface area contributed by atoms with Gasteiger partial charge in [-0.05, 0) is 13.8 Å². The molecule has 0 atom stereocenters. The number of halogens is 3. The monoisotopic (exact) mass is 311 g/mol. The van der Waals surface area contributed by atoms with Gasteiger partial charge in [-0.15, -0.1) is 10.2 Å². The quantitative estimate of drug-likeness (QED) is 0.574. The fourth-order valence-corrected chi connectivity index (χ4v) is 1.94. The van der Waals surface area contributed by atoms with Crippen molar-refractivity contribution in [1.29, 1.82) is 0 Å². The van der Waals surface area contributed by atoms with Crippen molar-refractivity contribution >= 4 is 15.9 Å². The number of alkyl halides is 3. The van der Waals surface area contributed by atoms with E-state index in [1.165, 1.54) is 0 Å². The van der Waals surface area contributed by atoms with Crippen molar-refractivity contribution in [2.45, 2.75) is 38.1 Å². The van der Waals surface area contributed by atoms with E-state index < -0.39 is 13.0 Å². The molecule has 98 valence electrons. The van der Waals surface area contributed by atoms with Gasteiger partial charge in [-0.2, -0.15) is 0 Å². The summed E-state index contributed by atoms with van der Waals surface area (Å²) >= 11 is 3.34. The van der Waals surface area contributed by atoms with Gasteiger partial charge in [0.05, 0.1) is 11.9 Å². The summed E-state index contributed by atoms with van der Waals surface area (Å²) in [4.78, 5) is 0. The van der Waals surface area contributed by atoms with Crippen LogP contribution in [0.25, 0.3) is 0 Å². The van der Waals surface area contributed by atoms with Crippen molar-refractivity contribution in [1.82, 2.24) is 14.8 Å². The zero-order chi connectivity index (χ0) is 12.8. The molecule has 0 radical (unpaired) electrons. The molecular formula is C10H16BrF2N3O. The van der Waals surface area contributed by atoms with Crippen LogP contribution in [0.3, 0.4) is 0 Å². The average Bonchev–Trinajstić information content (AvgIpc) is 2.67. The number of hydrogen-bond donors (Lipinski definition) is 0. The van der Waals surface area contributed by atoms with Crippen molar-refractivity contribution in [3.05, 3.63) is 11.6 Å². The SMILES string of the molecule is CC(C)n1c(CBr)nnc1CCOCC(F)F. The van der Waals surface area contributed by atoms with Crippen LogP contribution >= 0.6 is 15.9 Å². The van der Waals surface area contributed by atoms with Crippen LogP contribution < -0.4 is 0 Å². The Bertz CT molecular complexity index is 344. The number of nitrogens with zero attached hydrogens (tertiary/aromatic N) is 3. The molecule has 0 spiro atoms. The lowest BCUT2D eigenvalue weighted by atomic mass is 10.3. The molecule has 0 fully saturated rings. The molecule has 1 aromatic rings. The Morgan fingerprint density at radius 3 is 2.47 bits per heavy atom. The van der Waals surface area contributed by atoms with E-state index in [1.807, 2.05) is 18.4 Å². The zero-order valence-corrected chi connectivity index (χ0v) is 11.5. The molecule has 0 bridgehead atoms. The smallest absolute Gasteiger partial charge is 0.261 e. The van der Waals surface area contributed by atoms with Crippen molar-refractivity contribution < 1.29 is 13.5 Å². The maximum atomic E-state index is 11.9. The van der Waals surface area contributed by atoms with Crippen LogP contribution in [0.4, 0.5) is 8.78 Å². The van der Waals surface area contributed by atoms with Crippen molar-refractivity contribution in [2.24, 2.45) is 0 Å². The Balaban J connectivity index is 2.55.